The van der Waals surface area contributed by atoms with Crippen LogP contribution in [0, 0.1) is 6.92 Å². The Labute approximate surface area is 175 Å². The number of carbonyl (C=O) groups is 2. The smallest absolute Gasteiger partial charge is 0.272 e. The molecule has 30 heavy (non-hydrogen) atoms. The first kappa shape index (κ1) is 19.2. The lowest BCUT2D eigenvalue weighted by atomic mass is 9.88. The van der Waals surface area contributed by atoms with Crippen molar-refractivity contribution in [3.8, 4) is 0 Å². The lowest BCUT2D eigenvalue weighted by Gasteiger charge is -2.46. The van der Waals surface area contributed by atoms with Gasteiger partial charge in [-0.2, -0.15) is 0 Å². The van der Waals surface area contributed by atoms with E-state index in [0.29, 0.717) is 38.2 Å². The van der Waals surface area contributed by atoms with Gasteiger partial charge in [0.2, 0.25) is 0 Å². The molecule has 1 spiro atoms. The number of hydrogen-bond acceptors (Lipinski definition) is 5. The third-order valence-corrected chi connectivity index (χ3v) is 6.51. The van der Waals surface area contributed by atoms with Crippen LogP contribution in [0.2, 0.25) is 0 Å². The molecule has 5 rings (SSSR count). The number of carbonyl (C=O) groups excluding carboxylic acids is 2. The third kappa shape index (κ3) is 3.29. The Kier molecular flexibility index (Phi) is 4.81. The maximum atomic E-state index is 13.0. The molecular weight excluding hydrogens is 382 g/mol. The number of pyridine rings is 1. The molecule has 0 bridgehead atoms. The van der Waals surface area contributed by atoms with Crippen LogP contribution in [0.4, 0.5) is 0 Å². The number of piperidine rings is 1. The van der Waals surface area contributed by atoms with Gasteiger partial charge in [0.1, 0.15) is 17.1 Å². The average molecular weight is 409 g/mol. The van der Waals surface area contributed by atoms with Gasteiger partial charge in [-0.1, -0.05) is 6.07 Å². The van der Waals surface area contributed by atoms with Crippen molar-refractivity contribution < 1.29 is 14.3 Å². The minimum absolute atomic E-state index is 0.0580. The molecule has 0 unspecified atom stereocenters. The minimum atomic E-state index is -0.626. The van der Waals surface area contributed by atoms with Crippen LogP contribution in [0.15, 0.2) is 30.6 Å². The number of amides is 2. The molecule has 2 fully saturated rings. The molecule has 2 aromatic rings. The summed E-state index contributed by atoms with van der Waals surface area (Å²) in [5, 5.41) is 0. The minimum Gasteiger partial charge on any atom is -0.352 e. The maximum Gasteiger partial charge on any atom is 0.272 e. The highest BCUT2D eigenvalue weighted by molar-refractivity contribution is 5.92. The van der Waals surface area contributed by atoms with E-state index in [0.717, 1.165) is 37.4 Å². The Balaban J connectivity index is 1.34. The summed E-state index contributed by atoms with van der Waals surface area (Å²) in [6.07, 6.45) is 6.56. The molecule has 0 N–H and O–H groups in total. The number of hydrogen-bond donors (Lipinski definition) is 0. The van der Waals surface area contributed by atoms with Crippen LogP contribution in [-0.4, -0.2) is 68.4 Å². The summed E-state index contributed by atoms with van der Waals surface area (Å²) >= 11 is 0. The zero-order chi connectivity index (χ0) is 20.7. The standard InChI is InChI=1S/C22H27N5O3/c1-16-5-4-6-17(24-16)19(28)26-12-7-22(8-13-26)21-23-9-14-27(21)15-18(30-22)20(29)25-10-2-3-11-25/h4-6,9,14,18H,2-3,7-8,10-13,15H2,1H3/t18-/m1/s1. The number of aryl methyl sites for hydroxylation is 1. The van der Waals surface area contributed by atoms with Crippen LogP contribution in [0.5, 0.6) is 0 Å². The van der Waals surface area contributed by atoms with Crippen molar-refractivity contribution in [2.24, 2.45) is 0 Å². The second-order valence-corrected chi connectivity index (χ2v) is 8.49. The highest BCUT2D eigenvalue weighted by Gasteiger charge is 2.48. The van der Waals surface area contributed by atoms with Crippen LogP contribution in [0.1, 0.15) is 47.7 Å². The lowest BCUT2D eigenvalue weighted by molar-refractivity contribution is -0.179. The van der Waals surface area contributed by atoms with E-state index in [1.165, 1.54) is 0 Å². The molecular formula is C22H27N5O3. The van der Waals surface area contributed by atoms with Gasteiger partial charge in [-0.25, -0.2) is 9.97 Å². The van der Waals surface area contributed by atoms with Gasteiger partial charge in [0.05, 0.1) is 6.54 Å². The Morgan fingerprint density at radius 1 is 1.10 bits per heavy atom. The van der Waals surface area contributed by atoms with Crippen LogP contribution in [0.3, 0.4) is 0 Å². The van der Waals surface area contributed by atoms with Gasteiger partial charge < -0.3 is 19.1 Å². The Bertz CT molecular complexity index is 957. The number of fused-ring (bicyclic) bond motifs is 2. The molecule has 158 valence electrons. The van der Waals surface area contributed by atoms with Gasteiger partial charge in [-0.05, 0) is 31.9 Å². The largest absolute Gasteiger partial charge is 0.352 e. The molecule has 2 amide bonds. The summed E-state index contributed by atoms with van der Waals surface area (Å²) in [4.78, 5) is 38.6. The number of rotatable bonds is 2. The quantitative estimate of drug-likeness (QED) is 0.755. The fraction of sp³-hybridized carbons (Fsp3) is 0.545. The molecule has 2 aromatic heterocycles. The fourth-order valence-corrected chi connectivity index (χ4v) is 4.90. The van der Waals surface area contributed by atoms with Gasteiger partial charge in [-0.15, -0.1) is 0 Å². The second-order valence-electron chi connectivity index (χ2n) is 8.49. The van der Waals surface area contributed by atoms with Crippen LogP contribution >= 0.6 is 0 Å². The van der Waals surface area contributed by atoms with Crippen molar-refractivity contribution in [2.75, 3.05) is 26.2 Å². The maximum absolute atomic E-state index is 13.0. The normalized spacial score (nSPS) is 22.9. The summed E-state index contributed by atoms with van der Waals surface area (Å²) in [5.74, 6) is 0.889. The number of likely N-dealkylation sites (tertiary alicyclic amines) is 2. The molecule has 0 aliphatic carbocycles. The summed E-state index contributed by atoms with van der Waals surface area (Å²) in [7, 11) is 0. The van der Waals surface area contributed by atoms with Crippen molar-refractivity contribution >= 4 is 11.8 Å². The van der Waals surface area contributed by atoms with E-state index in [4.69, 9.17) is 4.74 Å². The topological polar surface area (TPSA) is 80.6 Å². The van der Waals surface area contributed by atoms with Crippen LogP contribution in [-0.2, 0) is 21.7 Å². The zero-order valence-corrected chi connectivity index (χ0v) is 17.3. The van der Waals surface area contributed by atoms with E-state index >= 15 is 0 Å². The Morgan fingerprint density at radius 2 is 1.87 bits per heavy atom. The monoisotopic (exact) mass is 409 g/mol. The lowest BCUT2D eigenvalue weighted by Crippen LogP contribution is -2.55. The first-order valence-corrected chi connectivity index (χ1v) is 10.8. The van der Waals surface area contributed by atoms with Crippen LogP contribution in [0.25, 0.3) is 0 Å². The highest BCUT2D eigenvalue weighted by atomic mass is 16.5. The Hall–Kier alpha value is -2.74. The molecule has 0 radical (unpaired) electrons. The van der Waals surface area contributed by atoms with Gasteiger partial charge in [0.15, 0.2) is 6.10 Å². The van der Waals surface area contributed by atoms with Crippen LogP contribution < -0.4 is 0 Å². The summed E-state index contributed by atoms with van der Waals surface area (Å²) in [6, 6.07) is 5.50. The van der Waals surface area contributed by atoms with Crippen molar-refractivity contribution in [1.82, 2.24) is 24.3 Å². The molecule has 8 heteroatoms. The number of aromatic nitrogens is 3. The highest BCUT2D eigenvalue weighted by Crippen LogP contribution is 2.40. The average Bonchev–Trinajstić information content (AvgIpc) is 3.46. The molecule has 5 heterocycles. The van der Waals surface area contributed by atoms with E-state index in [9.17, 15) is 9.59 Å². The molecule has 2 saturated heterocycles. The van der Waals surface area contributed by atoms with Crippen molar-refractivity contribution in [1.29, 1.82) is 0 Å². The van der Waals surface area contributed by atoms with E-state index in [2.05, 4.69) is 14.5 Å². The van der Waals surface area contributed by atoms with E-state index in [1.54, 1.807) is 12.3 Å². The predicted molar refractivity (Wildman–Crippen MR) is 109 cm³/mol. The predicted octanol–water partition coefficient (Wildman–Crippen LogP) is 1.74. The van der Waals surface area contributed by atoms with Crippen molar-refractivity contribution in [3.05, 3.63) is 47.8 Å². The van der Waals surface area contributed by atoms with Gasteiger partial charge in [-0.3, -0.25) is 9.59 Å². The summed E-state index contributed by atoms with van der Waals surface area (Å²) in [6.45, 7) is 5.11. The molecule has 0 saturated carbocycles. The SMILES string of the molecule is Cc1cccc(C(=O)N2CCC3(CC2)O[C@@H](C(=O)N2CCCC2)Cn2ccnc23)n1. The molecule has 1 atom stereocenters. The van der Waals surface area contributed by atoms with E-state index < -0.39 is 11.7 Å². The van der Waals surface area contributed by atoms with E-state index in [-0.39, 0.29) is 11.8 Å². The fourth-order valence-electron chi connectivity index (χ4n) is 4.90. The van der Waals surface area contributed by atoms with Crippen molar-refractivity contribution in [2.45, 2.75) is 50.9 Å². The Morgan fingerprint density at radius 3 is 2.60 bits per heavy atom. The molecule has 0 aromatic carbocycles. The number of ether oxygens (including phenoxy) is 1. The zero-order valence-electron chi connectivity index (χ0n) is 17.3. The molecule has 3 aliphatic rings. The number of imidazole rings is 1. The van der Waals surface area contributed by atoms with E-state index in [1.807, 2.05) is 35.1 Å². The second kappa shape index (κ2) is 7.50. The summed E-state index contributed by atoms with van der Waals surface area (Å²) < 4.78 is 8.56. The van der Waals surface area contributed by atoms with Crippen molar-refractivity contribution in [3.63, 3.8) is 0 Å². The summed E-state index contributed by atoms with van der Waals surface area (Å²) in [5.41, 5.74) is 0.674. The molecule has 3 aliphatic heterocycles. The third-order valence-electron chi connectivity index (χ3n) is 6.51. The number of nitrogens with zero attached hydrogens (tertiary/aromatic N) is 5. The first-order chi connectivity index (χ1) is 14.6. The van der Waals surface area contributed by atoms with Gasteiger partial charge >= 0.3 is 0 Å². The van der Waals surface area contributed by atoms with Gasteiger partial charge in [0, 0.05) is 57.1 Å². The van der Waals surface area contributed by atoms with Gasteiger partial charge in [0.25, 0.3) is 11.8 Å². The first-order valence-electron chi connectivity index (χ1n) is 10.8. The molecule has 8 nitrogen and oxygen atoms in total.